The van der Waals surface area contributed by atoms with E-state index in [0.717, 1.165) is 12.1 Å². The molecule has 0 aliphatic rings. The zero-order valence-electron chi connectivity index (χ0n) is 6.35. The van der Waals surface area contributed by atoms with Crippen LogP contribution in [-0.4, -0.2) is 13.1 Å². The molecule has 3 nitrogen and oxygen atoms in total. The van der Waals surface area contributed by atoms with Crippen LogP contribution in [0.25, 0.3) is 0 Å². The van der Waals surface area contributed by atoms with E-state index >= 15 is 0 Å². The van der Waals surface area contributed by atoms with Crippen molar-refractivity contribution in [3.8, 4) is 0 Å². The second-order valence-corrected chi connectivity index (χ2v) is 2.01. The summed E-state index contributed by atoms with van der Waals surface area (Å²) in [6.45, 7) is 7.16. The summed E-state index contributed by atoms with van der Waals surface area (Å²) in [5.41, 5.74) is 3.57. The molecule has 0 heterocycles. The van der Waals surface area contributed by atoms with Gasteiger partial charge >= 0.3 is 0 Å². The molecule has 0 saturated heterocycles. The number of allylic oxidation sites excluding steroid dienone is 1. The quantitative estimate of drug-likeness (QED) is 0.290. The van der Waals surface area contributed by atoms with E-state index < -0.39 is 0 Å². The third-order valence-corrected chi connectivity index (χ3v) is 0.989. The average Bonchev–Trinajstić information content (AvgIpc) is 1.89. The first kappa shape index (κ1) is 9.20. The molecule has 0 bridgehead atoms. The molecule has 0 aliphatic carbocycles. The summed E-state index contributed by atoms with van der Waals surface area (Å²) in [6.07, 6.45) is 3.81. The zero-order valence-corrected chi connectivity index (χ0v) is 6.35. The maximum atomic E-state index is 5.08. The van der Waals surface area contributed by atoms with Gasteiger partial charge < -0.3 is 5.32 Å². The Morgan fingerprint density at radius 1 is 1.60 bits per heavy atom. The summed E-state index contributed by atoms with van der Waals surface area (Å²) >= 11 is 0. The lowest BCUT2D eigenvalue weighted by atomic mass is 10.3. The molecular formula is C7H15N3. The molecule has 10 heavy (non-hydrogen) atoms. The van der Waals surface area contributed by atoms with E-state index in [4.69, 9.17) is 5.84 Å². The van der Waals surface area contributed by atoms with Gasteiger partial charge in [0.2, 0.25) is 0 Å². The lowest BCUT2D eigenvalue weighted by Gasteiger charge is -2.03. The van der Waals surface area contributed by atoms with Gasteiger partial charge in [0.05, 0.1) is 0 Å². The molecular weight excluding hydrogens is 126 g/mol. The number of rotatable bonds is 5. The van der Waals surface area contributed by atoms with E-state index in [-0.39, 0.29) is 0 Å². The van der Waals surface area contributed by atoms with E-state index in [1.807, 2.05) is 19.2 Å². The molecule has 0 aromatic rings. The molecule has 0 atom stereocenters. The van der Waals surface area contributed by atoms with Crippen molar-refractivity contribution < 1.29 is 0 Å². The molecule has 0 aromatic carbocycles. The highest BCUT2D eigenvalue weighted by Crippen LogP contribution is 1.81. The third-order valence-electron chi connectivity index (χ3n) is 0.989. The molecule has 0 rings (SSSR count). The Morgan fingerprint density at radius 3 is 2.80 bits per heavy atom. The summed E-state index contributed by atoms with van der Waals surface area (Å²) in [6, 6.07) is 0. The molecule has 0 spiro atoms. The number of hydrazine groups is 1. The maximum Gasteiger partial charge on any atom is 0.0364 e. The predicted octanol–water partition coefficient (Wildman–Crippen LogP) is 0.129. The standard InChI is InChI=1S/C7H15N3/c1-3-4-9-5-7(2)6-10-8/h3-4,9-10H,2,5-6,8H2,1H3/b4-3-. The summed E-state index contributed by atoms with van der Waals surface area (Å²) in [5.74, 6) is 5.08. The number of hydrogen-bond donors (Lipinski definition) is 3. The highest BCUT2D eigenvalue weighted by atomic mass is 15.2. The first-order valence-electron chi connectivity index (χ1n) is 3.26. The van der Waals surface area contributed by atoms with E-state index in [1.54, 1.807) is 0 Å². The van der Waals surface area contributed by atoms with Crippen LogP contribution >= 0.6 is 0 Å². The Labute approximate surface area is 62.0 Å². The van der Waals surface area contributed by atoms with Crippen LogP contribution in [0, 0.1) is 0 Å². The fourth-order valence-electron chi connectivity index (χ4n) is 0.528. The lowest BCUT2D eigenvalue weighted by Crippen LogP contribution is -2.27. The van der Waals surface area contributed by atoms with Crippen LogP contribution in [0.15, 0.2) is 24.4 Å². The Balaban J connectivity index is 3.21. The molecule has 3 heteroatoms. The third kappa shape index (κ3) is 5.34. The van der Waals surface area contributed by atoms with Crippen molar-refractivity contribution in [2.45, 2.75) is 6.92 Å². The van der Waals surface area contributed by atoms with Gasteiger partial charge in [-0.1, -0.05) is 12.7 Å². The molecule has 4 N–H and O–H groups in total. The minimum absolute atomic E-state index is 0.657. The topological polar surface area (TPSA) is 50.1 Å². The first-order valence-corrected chi connectivity index (χ1v) is 3.26. The van der Waals surface area contributed by atoms with Gasteiger partial charge in [0.15, 0.2) is 0 Å². The number of nitrogens with one attached hydrogen (secondary N) is 2. The summed E-state index contributed by atoms with van der Waals surface area (Å²) in [4.78, 5) is 0. The van der Waals surface area contributed by atoms with Crippen LogP contribution in [0.2, 0.25) is 0 Å². The van der Waals surface area contributed by atoms with E-state index in [9.17, 15) is 0 Å². The van der Waals surface area contributed by atoms with Crippen molar-refractivity contribution in [3.63, 3.8) is 0 Å². The fourth-order valence-corrected chi connectivity index (χ4v) is 0.528. The van der Waals surface area contributed by atoms with Crippen molar-refractivity contribution in [1.82, 2.24) is 10.7 Å². The largest absolute Gasteiger partial charge is 0.387 e. The smallest absolute Gasteiger partial charge is 0.0364 e. The lowest BCUT2D eigenvalue weighted by molar-refractivity contribution is 0.765. The monoisotopic (exact) mass is 141 g/mol. The minimum atomic E-state index is 0.657. The summed E-state index contributed by atoms with van der Waals surface area (Å²) in [7, 11) is 0. The van der Waals surface area contributed by atoms with Gasteiger partial charge in [-0.15, -0.1) is 0 Å². The van der Waals surface area contributed by atoms with E-state index in [0.29, 0.717) is 6.54 Å². The molecule has 0 aliphatic heterocycles. The van der Waals surface area contributed by atoms with Crippen molar-refractivity contribution >= 4 is 0 Å². The molecule has 0 amide bonds. The minimum Gasteiger partial charge on any atom is -0.387 e. The normalized spacial score (nSPS) is 10.2. The Kier molecular flexibility index (Phi) is 5.82. The number of nitrogens with two attached hydrogens (primary N) is 1. The molecule has 0 unspecified atom stereocenters. The van der Waals surface area contributed by atoms with Crippen molar-refractivity contribution in [2.24, 2.45) is 5.84 Å². The predicted molar refractivity (Wildman–Crippen MR) is 44.1 cm³/mol. The highest BCUT2D eigenvalue weighted by molar-refractivity contribution is 4.99. The van der Waals surface area contributed by atoms with Gasteiger partial charge in [-0.2, -0.15) is 0 Å². The van der Waals surface area contributed by atoms with E-state index in [1.165, 1.54) is 0 Å². The molecule has 0 aromatic heterocycles. The van der Waals surface area contributed by atoms with Crippen LogP contribution in [0.4, 0.5) is 0 Å². The van der Waals surface area contributed by atoms with Crippen LogP contribution < -0.4 is 16.6 Å². The molecule has 0 fully saturated rings. The second kappa shape index (κ2) is 6.32. The molecule has 0 radical (unpaired) electrons. The summed E-state index contributed by atoms with van der Waals surface area (Å²) in [5, 5.41) is 3.04. The van der Waals surface area contributed by atoms with Gasteiger partial charge in [-0.05, 0) is 18.7 Å². The van der Waals surface area contributed by atoms with Crippen molar-refractivity contribution in [3.05, 3.63) is 24.4 Å². The van der Waals surface area contributed by atoms with Gasteiger partial charge in [0.25, 0.3) is 0 Å². The van der Waals surface area contributed by atoms with Crippen LogP contribution in [0.5, 0.6) is 0 Å². The molecule has 0 saturated carbocycles. The molecule has 58 valence electrons. The van der Waals surface area contributed by atoms with Crippen molar-refractivity contribution in [1.29, 1.82) is 0 Å². The van der Waals surface area contributed by atoms with Crippen LogP contribution in [-0.2, 0) is 0 Å². The van der Waals surface area contributed by atoms with Gasteiger partial charge in [-0.25, -0.2) is 0 Å². The average molecular weight is 141 g/mol. The van der Waals surface area contributed by atoms with Crippen molar-refractivity contribution in [2.75, 3.05) is 13.1 Å². The Hall–Kier alpha value is -0.800. The SMILES string of the molecule is C=C(CNN)CN/C=C\C. The summed E-state index contributed by atoms with van der Waals surface area (Å²) < 4.78 is 0. The van der Waals surface area contributed by atoms with E-state index in [2.05, 4.69) is 17.3 Å². The van der Waals surface area contributed by atoms with Crippen LogP contribution in [0.1, 0.15) is 6.92 Å². The number of hydrogen-bond acceptors (Lipinski definition) is 3. The Bertz CT molecular complexity index is 118. The Morgan fingerprint density at radius 2 is 2.30 bits per heavy atom. The fraction of sp³-hybridized carbons (Fsp3) is 0.429. The van der Waals surface area contributed by atoms with Gasteiger partial charge in [0, 0.05) is 13.1 Å². The van der Waals surface area contributed by atoms with Gasteiger partial charge in [0.1, 0.15) is 0 Å². The van der Waals surface area contributed by atoms with Gasteiger partial charge in [-0.3, -0.25) is 11.3 Å². The maximum absolute atomic E-state index is 5.08. The first-order chi connectivity index (χ1) is 4.81. The van der Waals surface area contributed by atoms with Crippen LogP contribution in [0.3, 0.4) is 0 Å². The highest BCUT2D eigenvalue weighted by Gasteiger charge is 1.87. The zero-order chi connectivity index (χ0) is 7.82. The second-order valence-electron chi connectivity index (χ2n) is 2.01.